The van der Waals surface area contributed by atoms with Gasteiger partial charge in [-0.2, -0.15) is 0 Å². The van der Waals surface area contributed by atoms with Crippen molar-refractivity contribution < 1.29 is 14.3 Å². The summed E-state index contributed by atoms with van der Waals surface area (Å²) < 4.78 is 4.90. The SMILES string of the molecule is CC(=O)OCC[C@@H]1CC=CC(=O)C1(C)C. The smallest absolute Gasteiger partial charge is 0.302 e. The average molecular weight is 210 g/mol. The summed E-state index contributed by atoms with van der Waals surface area (Å²) in [4.78, 5) is 22.2. The molecule has 1 atom stereocenters. The van der Waals surface area contributed by atoms with E-state index in [1.807, 2.05) is 19.9 Å². The van der Waals surface area contributed by atoms with Crippen molar-refractivity contribution in [2.24, 2.45) is 11.3 Å². The van der Waals surface area contributed by atoms with E-state index in [0.29, 0.717) is 6.61 Å². The van der Waals surface area contributed by atoms with Crippen LogP contribution >= 0.6 is 0 Å². The Labute approximate surface area is 90.5 Å². The number of carbonyl (C=O) groups excluding carboxylic acids is 2. The second kappa shape index (κ2) is 4.60. The maximum atomic E-state index is 11.6. The lowest BCUT2D eigenvalue weighted by molar-refractivity contribution is -0.141. The fourth-order valence-corrected chi connectivity index (χ4v) is 1.87. The first kappa shape index (κ1) is 12.0. The number of hydrogen-bond donors (Lipinski definition) is 0. The number of ketones is 1. The topological polar surface area (TPSA) is 43.4 Å². The van der Waals surface area contributed by atoms with E-state index in [1.54, 1.807) is 6.08 Å². The highest BCUT2D eigenvalue weighted by Crippen LogP contribution is 2.36. The maximum Gasteiger partial charge on any atom is 0.302 e. The van der Waals surface area contributed by atoms with Gasteiger partial charge in [-0.15, -0.1) is 0 Å². The second-order valence-corrected chi connectivity index (χ2v) is 4.55. The summed E-state index contributed by atoms with van der Waals surface area (Å²) in [5.74, 6) is 0.182. The third-order valence-corrected chi connectivity index (χ3v) is 3.12. The molecule has 0 N–H and O–H groups in total. The van der Waals surface area contributed by atoms with E-state index in [1.165, 1.54) is 6.92 Å². The van der Waals surface area contributed by atoms with E-state index in [-0.39, 0.29) is 23.1 Å². The van der Waals surface area contributed by atoms with Crippen LogP contribution in [0.3, 0.4) is 0 Å². The van der Waals surface area contributed by atoms with E-state index >= 15 is 0 Å². The first-order valence-corrected chi connectivity index (χ1v) is 5.29. The van der Waals surface area contributed by atoms with Crippen LogP contribution in [0.25, 0.3) is 0 Å². The van der Waals surface area contributed by atoms with Crippen LogP contribution in [0.5, 0.6) is 0 Å². The first-order valence-electron chi connectivity index (χ1n) is 5.29. The zero-order valence-electron chi connectivity index (χ0n) is 9.58. The number of esters is 1. The number of carbonyl (C=O) groups is 2. The predicted molar refractivity (Wildman–Crippen MR) is 57.3 cm³/mol. The van der Waals surface area contributed by atoms with Gasteiger partial charge in [-0.25, -0.2) is 0 Å². The van der Waals surface area contributed by atoms with Crippen LogP contribution < -0.4 is 0 Å². The Morgan fingerprint density at radius 1 is 1.60 bits per heavy atom. The predicted octanol–water partition coefficient (Wildman–Crippen LogP) is 2.11. The monoisotopic (exact) mass is 210 g/mol. The maximum absolute atomic E-state index is 11.6. The molecular weight excluding hydrogens is 192 g/mol. The quantitative estimate of drug-likeness (QED) is 0.670. The molecule has 0 radical (unpaired) electrons. The summed E-state index contributed by atoms with van der Waals surface area (Å²) in [7, 11) is 0. The summed E-state index contributed by atoms with van der Waals surface area (Å²) >= 11 is 0. The molecule has 0 fully saturated rings. The molecule has 0 bridgehead atoms. The van der Waals surface area contributed by atoms with Crippen LogP contribution in [-0.2, 0) is 14.3 Å². The van der Waals surface area contributed by atoms with Gasteiger partial charge in [0.05, 0.1) is 6.61 Å². The third kappa shape index (κ3) is 2.91. The molecule has 1 aliphatic rings. The highest BCUT2D eigenvalue weighted by molar-refractivity contribution is 5.95. The van der Waals surface area contributed by atoms with Crippen LogP contribution in [0, 0.1) is 11.3 Å². The van der Waals surface area contributed by atoms with Gasteiger partial charge in [0.1, 0.15) is 0 Å². The molecule has 0 aromatic heterocycles. The van der Waals surface area contributed by atoms with Crippen LogP contribution in [0.1, 0.15) is 33.6 Å². The van der Waals surface area contributed by atoms with Gasteiger partial charge >= 0.3 is 5.97 Å². The van der Waals surface area contributed by atoms with Crippen LogP contribution in [0.4, 0.5) is 0 Å². The number of allylic oxidation sites excluding steroid dienone is 2. The van der Waals surface area contributed by atoms with Crippen molar-refractivity contribution in [1.29, 1.82) is 0 Å². The molecule has 84 valence electrons. The van der Waals surface area contributed by atoms with Gasteiger partial charge in [0.2, 0.25) is 0 Å². The average Bonchev–Trinajstić information content (AvgIpc) is 2.12. The lowest BCUT2D eigenvalue weighted by atomic mass is 9.69. The van der Waals surface area contributed by atoms with Gasteiger partial charge in [-0.1, -0.05) is 19.9 Å². The third-order valence-electron chi connectivity index (χ3n) is 3.12. The molecule has 0 aromatic carbocycles. The number of ether oxygens (including phenoxy) is 1. The normalized spacial score (nSPS) is 23.9. The Kier molecular flexibility index (Phi) is 3.66. The summed E-state index contributed by atoms with van der Waals surface area (Å²) in [6.45, 7) is 5.72. The molecule has 0 heterocycles. The van der Waals surface area contributed by atoms with Crippen LogP contribution in [0.15, 0.2) is 12.2 Å². The summed E-state index contributed by atoms with van der Waals surface area (Å²) in [6.07, 6.45) is 5.21. The first-order chi connectivity index (χ1) is 6.94. The molecule has 0 unspecified atom stereocenters. The molecule has 0 amide bonds. The molecule has 0 saturated carbocycles. The second-order valence-electron chi connectivity index (χ2n) is 4.55. The fraction of sp³-hybridized carbons (Fsp3) is 0.667. The minimum atomic E-state index is -0.325. The standard InChI is InChI=1S/C12H18O3/c1-9(13)15-8-7-10-5-4-6-11(14)12(10,2)3/h4,6,10H,5,7-8H2,1-3H3/t10-/m0/s1. The lowest BCUT2D eigenvalue weighted by Crippen LogP contribution is -2.35. The van der Waals surface area contributed by atoms with Gasteiger partial charge in [-0.3, -0.25) is 9.59 Å². The number of hydrogen-bond acceptors (Lipinski definition) is 3. The van der Waals surface area contributed by atoms with Gasteiger partial charge in [-0.05, 0) is 24.8 Å². The minimum Gasteiger partial charge on any atom is -0.466 e. The van der Waals surface area contributed by atoms with Gasteiger partial charge in [0, 0.05) is 12.3 Å². The number of rotatable bonds is 3. The Balaban J connectivity index is 2.51. The molecular formula is C12H18O3. The van der Waals surface area contributed by atoms with E-state index in [9.17, 15) is 9.59 Å². The largest absolute Gasteiger partial charge is 0.466 e. The minimum absolute atomic E-state index is 0.168. The molecule has 0 spiro atoms. The molecule has 15 heavy (non-hydrogen) atoms. The molecule has 0 aliphatic heterocycles. The highest BCUT2D eigenvalue weighted by atomic mass is 16.5. The van der Waals surface area contributed by atoms with Gasteiger partial charge in [0.15, 0.2) is 5.78 Å². The summed E-state index contributed by atoms with van der Waals surface area (Å²) in [5, 5.41) is 0. The molecule has 3 heteroatoms. The fourth-order valence-electron chi connectivity index (χ4n) is 1.87. The Hall–Kier alpha value is -1.12. The van der Waals surface area contributed by atoms with Gasteiger partial charge < -0.3 is 4.74 Å². The molecule has 0 aromatic rings. The van der Waals surface area contributed by atoms with E-state index < -0.39 is 0 Å². The molecule has 1 rings (SSSR count). The zero-order chi connectivity index (χ0) is 11.5. The van der Waals surface area contributed by atoms with E-state index in [2.05, 4.69) is 0 Å². The highest BCUT2D eigenvalue weighted by Gasteiger charge is 2.36. The van der Waals surface area contributed by atoms with Crippen molar-refractivity contribution in [3.8, 4) is 0 Å². The van der Waals surface area contributed by atoms with Crippen LogP contribution in [-0.4, -0.2) is 18.4 Å². The van der Waals surface area contributed by atoms with Crippen molar-refractivity contribution in [3.63, 3.8) is 0 Å². The zero-order valence-corrected chi connectivity index (χ0v) is 9.58. The van der Waals surface area contributed by atoms with E-state index in [0.717, 1.165) is 12.8 Å². The molecule has 1 aliphatic carbocycles. The Morgan fingerprint density at radius 2 is 2.27 bits per heavy atom. The lowest BCUT2D eigenvalue weighted by Gasteiger charge is -2.34. The van der Waals surface area contributed by atoms with Gasteiger partial charge in [0.25, 0.3) is 0 Å². The van der Waals surface area contributed by atoms with Crippen molar-refractivity contribution >= 4 is 11.8 Å². The summed E-state index contributed by atoms with van der Waals surface area (Å²) in [6, 6.07) is 0. The molecule has 3 nitrogen and oxygen atoms in total. The van der Waals surface area contributed by atoms with Crippen molar-refractivity contribution in [2.45, 2.75) is 33.6 Å². The van der Waals surface area contributed by atoms with Crippen molar-refractivity contribution in [2.75, 3.05) is 6.61 Å². The Morgan fingerprint density at radius 3 is 2.87 bits per heavy atom. The Bertz CT molecular complexity index is 289. The summed E-state index contributed by atoms with van der Waals surface area (Å²) in [5.41, 5.74) is -0.325. The van der Waals surface area contributed by atoms with Crippen molar-refractivity contribution in [1.82, 2.24) is 0 Å². The van der Waals surface area contributed by atoms with E-state index in [4.69, 9.17) is 4.74 Å². The molecule has 0 saturated heterocycles. The van der Waals surface area contributed by atoms with Crippen molar-refractivity contribution in [3.05, 3.63) is 12.2 Å². The van der Waals surface area contributed by atoms with Crippen LogP contribution in [0.2, 0.25) is 0 Å².